The zero-order chi connectivity index (χ0) is 14.8. The molecule has 0 radical (unpaired) electrons. The maximum Gasteiger partial charge on any atom is 0.223 e. The summed E-state index contributed by atoms with van der Waals surface area (Å²) >= 11 is 0. The predicted octanol–water partition coefficient (Wildman–Crippen LogP) is 3.66. The fourth-order valence-electron chi connectivity index (χ4n) is 5.40. The first-order valence-corrected chi connectivity index (χ1v) is 8.44. The Morgan fingerprint density at radius 1 is 1.29 bits per heavy atom. The van der Waals surface area contributed by atoms with Gasteiger partial charge in [0.1, 0.15) is 0 Å². The molecule has 0 N–H and O–H groups in total. The number of aryl methyl sites for hydroxylation is 2. The highest BCUT2D eigenvalue weighted by molar-refractivity contribution is 5.81. The lowest BCUT2D eigenvalue weighted by atomic mass is 9.77. The van der Waals surface area contributed by atoms with Gasteiger partial charge in [0.15, 0.2) is 0 Å². The van der Waals surface area contributed by atoms with Crippen LogP contribution < -0.4 is 0 Å². The van der Waals surface area contributed by atoms with Crippen molar-refractivity contribution in [2.24, 2.45) is 17.8 Å². The lowest BCUT2D eigenvalue weighted by molar-refractivity contribution is -0.131. The summed E-state index contributed by atoms with van der Waals surface area (Å²) in [4.78, 5) is 14.9. The van der Waals surface area contributed by atoms with E-state index in [1.807, 2.05) is 0 Å². The van der Waals surface area contributed by atoms with E-state index in [0.717, 1.165) is 32.2 Å². The third kappa shape index (κ3) is 1.62. The van der Waals surface area contributed by atoms with Crippen LogP contribution in [0.4, 0.5) is 0 Å². The molecule has 1 saturated heterocycles. The number of carbonyl (C=O) groups is 1. The number of carbonyl (C=O) groups excluding carboxylic acids is 1. The van der Waals surface area contributed by atoms with Crippen molar-refractivity contribution in [2.75, 3.05) is 6.54 Å². The highest BCUT2D eigenvalue weighted by Gasteiger charge is 2.61. The minimum atomic E-state index is 0.00938. The Morgan fingerprint density at radius 3 is 2.90 bits per heavy atom. The first-order valence-electron chi connectivity index (χ1n) is 8.44. The SMILES string of the molecule is Cc1ccc2c(c1)CCCN1C(=O)C[C@H]3[C@H](C)[C@@H](C)CC231. The number of rotatable bonds is 0. The van der Waals surface area contributed by atoms with Crippen molar-refractivity contribution in [3.63, 3.8) is 0 Å². The molecule has 1 aromatic rings. The summed E-state index contributed by atoms with van der Waals surface area (Å²) in [5.41, 5.74) is 4.32. The van der Waals surface area contributed by atoms with Gasteiger partial charge in [-0.3, -0.25) is 4.79 Å². The van der Waals surface area contributed by atoms with Gasteiger partial charge in [0.2, 0.25) is 5.91 Å². The van der Waals surface area contributed by atoms with E-state index < -0.39 is 0 Å². The number of nitrogens with zero attached hydrogens (tertiary/aromatic N) is 1. The van der Waals surface area contributed by atoms with E-state index in [9.17, 15) is 4.79 Å². The summed E-state index contributed by atoms with van der Waals surface area (Å²) in [6.45, 7) is 7.86. The monoisotopic (exact) mass is 283 g/mol. The molecule has 1 aromatic carbocycles. The molecule has 1 amide bonds. The van der Waals surface area contributed by atoms with Gasteiger partial charge in [0.05, 0.1) is 5.54 Å². The van der Waals surface area contributed by atoms with Crippen LogP contribution in [0, 0.1) is 24.7 Å². The molecule has 2 fully saturated rings. The molecule has 2 heteroatoms. The Hall–Kier alpha value is -1.31. The van der Waals surface area contributed by atoms with E-state index in [0.29, 0.717) is 23.7 Å². The smallest absolute Gasteiger partial charge is 0.223 e. The molecule has 3 aliphatic rings. The summed E-state index contributed by atoms with van der Waals surface area (Å²) in [5, 5.41) is 0. The van der Waals surface area contributed by atoms with Crippen molar-refractivity contribution >= 4 is 5.91 Å². The minimum Gasteiger partial charge on any atom is -0.333 e. The average Bonchev–Trinajstić information content (AvgIpc) is 2.77. The summed E-state index contributed by atoms with van der Waals surface area (Å²) in [7, 11) is 0. The van der Waals surface area contributed by atoms with E-state index in [2.05, 4.69) is 43.9 Å². The van der Waals surface area contributed by atoms with Crippen molar-refractivity contribution in [1.29, 1.82) is 0 Å². The molecule has 1 aliphatic carbocycles. The Kier molecular flexibility index (Phi) is 2.76. The standard InChI is InChI=1S/C19H25NO/c1-12-6-7-16-15(9-12)5-4-8-20-18(21)10-17-14(3)13(2)11-19(16,17)20/h6-7,9,13-14,17H,4-5,8,10-11H2,1-3H3/t13-,14+,17-,19?/m0/s1. The zero-order valence-corrected chi connectivity index (χ0v) is 13.4. The molecule has 0 aromatic heterocycles. The topological polar surface area (TPSA) is 20.3 Å². The Morgan fingerprint density at radius 2 is 2.10 bits per heavy atom. The van der Waals surface area contributed by atoms with Crippen molar-refractivity contribution in [3.05, 3.63) is 34.9 Å². The fourth-order valence-corrected chi connectivity index (χ4v) is 5.40. The van der Waals surface area contributed by atoms with Crippen LogP contribution in [0.3, 0.4) is 0 Å². The van der Waals surface area contributed by atoms with Crippen molar-refractivity contribution in [2.45, 2.75) is 52.0 Å². The maximum absolute atomic E-state index is 12.6. The van der Waals surface area contributed by atoms with Gasteiger partial charge in [-0.15, -0.1) is 0 Å². The zero-order valence-electron chi connectivity index (χ0n) is 13.4. The molecule has 1 saturated carbocycles. The van der Waals surface area contributed by atoms with Crippen LogP contribution in [0.5, 0.6) is 0 Å². The van der Waals surface area contributed by atoms with Crippen LogP contribution >= 0.6 is 0 Å². The largest absolute Gasteiger partial charge is 0.333 e. The van der Waals surface area contributed by atoms with Gasteiger partial charge in [0, 0.05) is 13.0 Å². The summed E-state index contributed by atoms with van der Waals surface area (Å²) in [6, 6.07) is 6.94. The van der Waals surface area contributed by atoms with Crippen molar-refractivity contribution in [1.82, 2.24) is 4.90 Å². The van der Waals surface area contributed by atoms with Crippen LogP contribution in [0.15, 0.2) is 18.2 Å². The lowest BCUT2D eigenvalue weighted by Crippen LogP contribution is -2.44. The first kappa shape index (κ1) is 13.4. The Balaban J connectivity index is 1.95. The van der Waals surface area contributed by atoms with Crippen LogP contribution in [-0.2, 0) is 16.8 Å². The van der Waals surface area contributed by atoms with Crippen LogP contribution in [-0.4, -0.2) is 17.4 Å². The summed E-state index contributed by atoms with van der Waals surface area (Å²) in [6.07, 6.45) is 4.15. The molecule has 4 rings (SSSR count). The van der Waals surface area contributed by atoms with Crippen LogP contribution in [0.2, 0.25) is 0 Å². The molecule has 2 heterocycles. The summed E-state index contributed by atoms with van der Waals surface area (Å²) < 4.78 is 0. The fraction of sp³-hybridized carbons (Fsp3) is 0.632. The third-order valence-corrected chi connectivity index (χ3v) is 6.51. The molecule has 1 spiro atoms. The molecule has 4 atom stereocenters. The van der Waals surface area contributed by atoms with Crippen LogP contribution in [0.25, 0.3) is 0 Å². The second kappa shape index (κ2) is 4.34. The normalized spacial score (nSPS) is 38.0. The van der Waals surface area contributed by atoms with Crippen LogP contribution in [0.1, 0.15) is 49.8 Å². The highest BCUT2D eigenvalue weighted by atomic mass is 16.2. The lowest BCUT2D eigenvalue weighted by Gasteiger charge is -2.39. The highest BCUT2D eigenvalue weighted by Crippen LogP contribution is 2.60. The van der Waals surface area contributed by atoms with Gasteiger partial charge in [-0.2, -0.15) is 0 Å². The molecular formula is C19H25NO. The Labute approximate surface area is 127 Å². The summed E-state index contributed by atoms with van der Waals surface area (Å²) in [5.74, 6) is 2.26. The average molecular weight is 283 g/mol. The number of fused-ring (bicyclic) bond motifs is 1. The number of benzene rings is 1. The molecule has 2 aliphatic heterocycles. The van der Waals surface area contributed by atoms with Gasteiger partial charge >= 0.3 is 0 Å². The third-order valence-electron chi connectivity index (χ3n) is 6.51. The molecule has 2 nitrogen and oxygen atoms in total. The van der Waals surface area contributed by atoms with E-state index in [1.54, 1.807) is 0 Å². The van der Waals surface area contributed by atoms with Gasteiger partial charge in [0.25, 0.3) is 0 Å². The van der Waals surface area contributed by atoms with E-state index in [1.165, 1.54) is 16.7 Å². The van der Waals surface area contributed by atoms with Crippen molar-refractivity contribution < 1.29 is 4.79 Å². The van der Waals surface area contributed by atoms with E-state index >= 15 is 0 Å². The first-order chi connectivity index (χ1) is 10.0. The number of amides is 1. The predicted molar refractivity (Wildman–Crippen MR) is 83.9 cm³/mol. The molecular weight excluding hydrogens is 258 g/mol. The van der Waals surface area contributed by atoms with Gasteiger partial charge in [-0.25, -0.2) is 0 Å². The second-order valence-electron chi connectivity index (χ2n) is 7.58. The van der Waals surface area contributed by atoms with Gasteiger partial charge in [-0.1, -0.05) is 37.6 Å². The second-order valence-corrected chi connectivity index (χ2v) is 7.58. The Bertz CT molecular complexity index is 608. The quantitative estimate of drug-likeness (QED) is 0.711. The molecule has 1 unspecified atom stereocenters. The molecule has 112 valence electrons. The number of hydrogen-bond donors (Lipinski definition) is 0. The van der Waals surface area contributed by atoms with Gasteiger partial charge in [-0.05, 0) is 55.1 Å². The van der Waals surface area contributed by atoms with E-state index in [-0.39, 0.29) is 5.54 Å². The molecule has 0 bridgehead atoms. The number of hydrogen-bond acceptors (Lipinski definition) is 1. The van der Waals surface area contributed by atoms with Gasteiger partial charge < -0.3 is 4.90 Å². The minimum absolute atomic E-state index is 0.00938. The molecule has 21 heavy (non-hydrogen) atoms. The van der Waals surface area contributed by atoms with E-state index in [4.69, 9.17) is 0 Å². The maximum atomic E-state index is 12.6. The van der Waals surface area contributed by atoms with Crippen molar-refractivity contribution in [3.8, 4) is 0 Å².